The Morgan fingerprint density at radius 1 is 1.31 bits per heavy atom. The fraction of sp³-hybridized carbons (Fsp3) is 0.333. The molecule has 0 saturated heterocycles. The Morgan fingerprint density at radius 2 is 1.88 bits per heavy atom. The SMILES string of the molecule is C/C(=C\c1ccccc1)CC(N)C(F)(F)F. The van der Waals surface area contributed by atoms with Crippen LogP contribution in [0.3, 0.4) is 0 Å². The highest BCUT2D eigenvalue weighted by Crippen LogP contribution is 2.23. The van der Waals surface area contributed by atoms with Crippen molar-refractivity contribution in [3.63, 3.8) is 0 Å². The van der Waals surface area contributed by atoms with Gasteiger partial charge in [-0.15, -0.1) is 0 Å². The molecular weight excluding hydrogens is 215 g/mol. The van der Waals surface area contributed by atoms with Gasteiger partial charge in [-0.1, -0.05) is 42.0 Å². The zero-order chi connectivity index (χ0) is 12.2. The summed E-state index contributed by atoms with van der Waals surface area (Å²) in [5.41, 5.74) is 6.54. The molecule has 0 aromatic heterocycles. The Labute approximate surface area is 92.8 Å². The summed E-state index contributed by atoms with van der Waals surface area (Å²) in [6.07, 6.45) is -2.78. The highest BCUT2D eigenvalue weighted by Gasteiger charge is 2.36. The highest BCUT2D eigenvalue weighted by atomic mass is 19.4. The van der Waals surface area contributed by atoms with E-state index in [2.05, 4.69) is 0 Å². The van der Waals surface area contributed by atoms with Crippen molar-refractivity contribution in [1.29, 1.82) is 0 Å². The standard InChI is InChI=1S/C12H14F3N/c1-9(8-11(16)12(13,14)15)7-10-5-3-2-4-6-10/h2-7,11H,8,16H2,1H3/b9-7+. The molecule has 0 aliphatic carbocycles. The minimum absolute atomic E-state index is 0.168. The summed E-state index contributed by atoms with van der Waals surface area (Å²) in [5.74, 6) is 0. The summed E-state index contributed by atoms with van der Waals surface area (Å²) in [7, 11) is 0. The molecule has 1 nitrogen and oxygen atoms in total. The predicted molar refractivity (Wildman–Crippen MR) is 58.7 cm³/mol. The molecule has 0 fully saturated rings. The van der Waals surface area contributed by atoms with E-state index in [1.165, 1.54) is 0 Å². The van der Waals surface area contributed by atoms with Crippen LogP contribution < -0.4 is 5.73 Å². The van der Waals surface area contributed by atoms with Gasteiger partial charge >= 0.3 is 6.18 Å². The van der Waals surface area contributed by atoms with Crippen molar-refractivity contribution in [1.82, 2.24) is 0 Å². The third-order valence-corrected chi connectivity index (χ3v) is 2.17. The summed E-state index contributed by atoms with van der Waals surface area (Å²) in [6, 6.07) is 7.41. The average Bonchev–Trinajstić information content (AvgIpc) is 2.17. The topological polar surface area (TPSA) is 26.0 Å². The van der Waals surface area contributed by atoms with Gasteiger partial charge in [0, 0.05) is 0 Å². The number of nitrogens with two attached hydrogens (primary N) is 1. The van der Waals surface area contributed by atoms with E-state index < -0.39 is 12.2 Å². The molecule has 0 radical (unpaired) electrons. The van der Waals surface area contributed by atoms with Crippen LogP contribution in [-0.2, 0) is 0 Å². The van der Waals surface area contributed by atoms with Gasteiger partial charge in [0.05, 0.1) is 0 Å². The van der Waals surface area contributed by atoms with Gasteiger partial charge in [-0.2, -0.15) is 13.2 Å². The molecule has 2 N–H and O–H groups in total. The van der Waals surface area contributed by atoms with E-state index in [0.717, 1.165) is 5.56 Å². The fourth-order valence-electron chi connectivity index (χ4n) is 1.36. The molecule has 88 valence electrons. The molecule has 0 spiro atoms. The molecule has 0 amide bonds. The van der Waals surface area contributed by atoms with Crippen LogP contribution >= 0.6 is 0 Å². The first-order valence-electron chi connectivity index (χ1n) is 4.94. The predicted octanol–water partition coefficient (Wildman–Crippen LogP) is 3.37. The van der Waals surface area contributed by atoms with E-state index in [4.69, 9.17) is 5.73 Å². The van der Waals surface area contributed by atoms with Gasteiger partial charge in [-0.3, -0.25) is 0 Å². The van der Waals surface area contributed by atoms with Crippen LogP contribution in [0.5, 0.6) is 0 Å². The Balaban J connectivity index is 2.66. The van der Waals surface area contributed by atoms with Crippen molar-refractivity contribution in [3.8, 4) is 0 Å². The van der Waals surface area contributed by atoms with Gasteiger partial charge in [-0.05, 0) is 18.9 Å². The molecular formula is C12H14F3N. The molecule has 1 aromatic carbocycles. The number of halogens is 3. The van der Waals surface area contributed by atoms with Gasteiger partial charge in [0.25, 0.3) is 0 Å². The second-order valence-corrected chi connectivity index (χ2v) is 3.75. The highest BCUT2D eigenvalue weighted by molar-refractivity contribution is 5.52. The monoisotopic (exact) mass is 229 g/mol. The molecule has 1 aromatic rings. The maximum absolute atomic E-state index is 12.2. The van der Waals surface area contributed by atoms with Gasteiger partial charge in [0.1, 0.15) is 6.04 Å². The summed E-state index contributed by atoms with van der Waals surface area (Å²) in [4.78, 5) is 0. The first kappa shape index (κ1) is 12.8. The molecule has 1 atom stereocenters. The van der Waals surface area contributed by atoms with Crippen LogP contribution in [0.2, 0.25) is 0 Å². The molecule has 0 heterocycles. The van der Waals surface area contributed by atoms with Crippen molar-refractivity contribution in [3.05, 3.63) is 41.5 Å². The third kappa shape index (κ3) is 4.06. The maximum atomic E-state index is 12.2. The van der Waals surface area contributed by atoms with Crippen molar-refractivity contribution in [2.24, 2.45) is 5.73 Å². The summed E-state index contributed by atoms with van der Waals surface area (Å²) in [5, 5.41) is 0. The first-order chi connectivity index (χ1) is 7.39. The van der Waals surface area contributed by atoms with E-state index in [9.17, 15) is 13.2 Å². The molecule has 1 unspecified atom stereocenters. The fourth-order valence-corrected chi connectivity index (χ4v) is 1.36. The lowest BCUT2D eigenvalue weighted by atomic mass is 10.0. The minimum atomic E-state index is -4.33. The van der Waals surface area contributed by atoms with E-state index in [1.54, 1.807) is 13.0 Å². The van der Waals surface area contributed by atoms with Crippen LogP contribution in [-0.4, -0.2) is 12.2 Å². The van der Waals surface area contributed by atoms with Crippen molar-refractivity contribution in [2.45, 2.75) is 25.6 Å². The quantitative estimate of drug-likeness (QED) is 0.844. The molecule has 16 heavy (non-hydrogen) atoms. The van der Waals surface area contributed by atoms with Crippen LogP contribution in [0.4, 0.5) is 13.2 Å². The Hall–Kier alpha value is -1.29. The number of hydrogen-bond acceptors (Lipinski definition) is 1. The van der Waals surface area contributed by atoms with Crippen LogP contribution in [0, 0.1) is 0 Å². The summed E-state index contributed by atoms with van der Waals surface area (Å²) < 4.78 is 36.6. The number of hydrogen-bond donors (Lipinski definition) is 1. The Bertz CT molecular complexity index is 354. The number of benzene rings is 1. The van der Waals surface area contributed by atoms with E-state index in [1.807, 2.05) is 30.3 Å². The Morgan fingerprint density at radius 3 is 2.38 bits per heavy atom. The van der Waals surface area contributed by atoms with Gasteiger partial charge < -0.3 is 5.73 Å². The number of rotatable bonds is 3. The smallest absolute Gasteiger partial charge is 0.320 e. The second kappa shape index (κ2) is 5.16. The zero-order valence-electron chi connectivity index (χ0n) is 8.96. The Kier molecular flexibility index (Phi) is 4.12. The second-order valence-electron chi connectivity index (χ2n) is 3.75. The van der Waals surface area contributed by atoms with Crippen molar-refractivity contribution in [2.75, 3.05) is 0 Å². The lowest BCUT2D eigenvalue weighted by molar-refractivity contribution is -0.147. The minimum Gasteiger partial charge on any atom is -0.320 e. The molecule has 0 aliphatic rings. The lowest BCUT2D eigenvalue weighted by Gasteiger charge is -2.15. The first-order valence-corrected chi connectivity index (χ1v) is 4.94. The lowest BCUT2D eigenvalue weighted by Crippen LogP contribution is -2.37. The maximum Gasteiger partial charge on any atom is 0.403 e. The molecule has 0 bridgehead atoms. The average molecular weight is 229 g/mol. The number of alkyl halides is 3. The van der Waals surface area contributed by atoms with Crippen LogP contribution in [0.1, 0.15) is 18.9 Å². The summed E-state index contributed by atoms with van der Waals surface area (Å²) in [6.45, 7) is 1.65. The van der Waals surface area contributed by atoms with Gasteiger partial charge in [0.15, 0.2) is 0 Å². The van der Waals surface area contributed by atoms with Crippen LogP contribution in [0.25, 0.3) is 6.08 Å². The summed E-state index contributed by atoms with van der Waals surface area (Å²) >= 11 is 0. The van der Waals surface area contributed by atoms with Crippen molar-refractivity contribution < 1.29 is 13.2 Å². The van der Waals surface area contributed by atoms with Crippen LogP contribution in [0.15, 0.2) is 35.9 Å². The van der Waals surface area contributed by atoms with E-state index >= 15 is 0 Å². The van der Waals surface area contributed by atoms with E-state index in [0.29, 0.717) is 5.57 Å². The third-order valence-electron chi connectivity index (χ3n) is 2.17. The largest absolute Gasteiger partial charge is 0.403 e. The van der Waals surface area contributed by atoms with Crippen molar-refractivity contribution >= 4 is 6.08 Å². The molecule has 0 aliphatic heterocycles. The molecule has 4 heteroatoms. The molecule has 0 saturated carbocycles. The molecule has 1 rings (SSSR count). The van der Waals surface area contributed by atoms with Gasteiger partial charge in [-0.25, -0.2) is 0 Å². The van der Waals surface area contributed by atoms with Gasteiger partial charge in [0.2, 0.25) is 0 Å². The normalized spacial score (nSPS) is 14.9. The zero-order valence-corrected chi connectivity index (χ0v) is 8.96. The van der Waals surface area contributed by atoms with E-state index in [-0.39, 0.29) is 6.42 Å².